The van der Waals surface area contributed by atoms with E-state index in [0.717, 1.165) is 0 Å². The molecule has 1 heterocycles. The largest absolute Gasteiger partial charge is 0.466 e. The number of benzene rings is 1. The van der Waals surface area contributed by atoms with E-state index in [2.05, 4.69) is 5.32 Å². The molecule has 1 fully saturated rings. The third-order valence-electron chi connectivity index (χ3n) is 5.02. The average Bonchev–Trinajstić information content (AvgIpc) is 2.74. The van der Waals surface area contributed by atoms with Crippen molar-refractivity contribution in [3.63, 3.8) is 0 Å². The number of esters is 1. The number of nitro benzene ring substituents is 1. The molecule has 1 aliphatic rings. The molecular weight excluding hydrogens is 392 g/mol. The Morgan fingerprint density at radius 2 is 1.93 bits per heavy atom. The zero-order valence-corrected chi connectivity index (χ0v) is 17.3. The molecule has 1 N–H and O–H groups in total. The van der Waals surface area contributed by atoms with Crippen LogP contribution in [0.5, 0.6) is 0 Å². The van der Waals surface area contributed by atoms with E-state index in [1.165, 1.54) is 11.0 Å². The lowest BCUT2D eigenvalue weighted by Gasteiger charge is -2.32. The van der Waals surface area contributed by atoms with Gasteiger partial charge < -0.3 is 19.9 Å². The van der Waals surface area contributed by atoms with Crippen LogP contribution in [0, 0.1) is 16.0 Å². The van der Waals surface area contributed by atoms with Crippen molar-refractivity contribution in [1.82, 2.24) is 9.80 Å². The zero-order chi connectivity index (χ0) is 22.1. The Bertz CT molecular complexity index is 776. The SMILES string of the molecule is CCOC(=O)C1CCN(C(=O)CN(C)C(=O)CCNc2ccccc2[N+](=O)[O-])CC1. The fourth-order valence-corrected chi connectivity index (χ4v) is 3.29. The van der Waals surface area contributed by atoms with Crippen molar-refractivity contribution in [1.29, 1.82) is 0 Å². The minimum absolute atomic E-state index is 0.0472. The fraction of sp³-hybridized carbons (Fsp3) is 0.550. The van der Waals surface area contributed by atoms with E-state index in [1.807, 2.05) is 0 Å². The van der Waals surface area contributed by atoms with Crippen LogP contribution in [0.15, 0.2) is 24.3 Å². The molecule has 10 heteroatoms. The van der Waals surface area contributed by atoms with Crippen LogP contribution in [0.3, 0.4) is 0 Å². The molecule has 1 aromatic carbocycles. The molecule has 0 aromatic heterocycles. The summed E-state index contributed by atoms with van der Waals surface area (Å²) >= 11 is 0. The maximum atomic E-state index is 12.5. The van der Waals surface area contributed by atoms with Crippen molar-refractivity contribution < 1.29 is 24.0 Å². The Kier molecular flexibility index (Phi) is 8.57. The molecule has 1 aromatic rings. The molecule has 2 rings (SSSR count). The Labute approximate surface area is 175 Å². The maximum absolute atomic E-state index is 12.5. The number of carbonyl (C=O) groups excluding carboxylic acids is 3. The molecule has 0 bridgehead atoms. The summed E-state index contributed by atoms with van der Waals surface area (Å²) in [6.07, 6.45) is 1.21. The number of hydrogen-bond donors (Lipinski definition) is 1. The third-order valence-corrected chi connectivity index (χ3v) is 5.02. The summed E-state index contributed by atoms with van der Waals surface area (Å²) in [7, 11) is 1.55. The van der Waals surface area contributed by atoms with E-state index < -0.39 is 4.92 Å². The molecule has 164 valence electrons. The summed E-state index contributed by atoms with van der Waals surface area (Å²) in [5, 5.41) is 13.9. The molecule has 30 heavy (non-hydrogen) atoms. The van der Waals surface area contributed by atoms with E-state index in [-0.39, 0.29) is 48.9 Å². The monoisotopic (exact) mass is 420 g/mol. The van der Waals surface area contributed by atoms with Crippen molar-refractivity contribution in [3.05, 3.63) is 34.4 Å². The van der Waals surface area contributed by atoms with Gasteiger partial charge in [0.05, 0.1) is 24.0 Å². The Morgan fingerprint density at radius 3 is 2.57 bits per heavy atom. The topological polar surface area (TPSA) is 122 Å². The van der Waals surface area contributed by atoms with Gasteiger partial charge in [0.2, 0.25) is 11.8 Å². The number of likely N-dealkylation sites (tertiary alicyclic amines) is 1. The van der Waals surface area contributed by atoms with Crippen LogP contribution < -0.4 is 5.32 Å². The highest BCUT2D eigenvalue weighted by Crippen LogP contribution is 2.23. The molecule has 0 radical (unpaired) electrons. The number of rotatable bonds is 9. The number of anilines is 1. The van der Waals surface area contributed by atoms with Crippen LogP contribution in [0.1, 0.15) is 26.2 Å². The molecule has 0 spiro atoms. The van der Waals surface area contributed by atoms with E-state index in [4.69, 9.17) is 4.74 Å². The van der Waals surface area contributed by atoms with Gasteiger partial charge in [-0.05, 0) is 25.8 Å². The zero-order valence-electron chi connectivity index (χ0n) is 17.3. The Morgan fingerprint density at radius 1 is 1.27 bits per heavy atom. The van der Waals surface area contributed by atoms with Crippen molar-refractivity contribution >= 4 is 29.2 Å². The second kappa shape index (κ2) is 11.1. The quantitative estimate of drug-likeness (QED) is 0.366. The van der Waals surface area contributed by atoms with Gasteiger partial charge in [0.1, 0.15) is 5.69 Å². The summed E-state index contributed by atoms with van der Waals surface area (Å²) in [6.45, 7) is 3.20. The molecule has 0 aliphatic carbocycles. The van der Waals surface area contributed by atoms with E-state index in [0.29, 0.717) is 38.2 Å². The molecule has 0 atom stereocenters. The number of amides is 2. The average molecular weight is 420 g/mol. The lowest BCUT2D eigenvalue weighted by Crippen LogP contribution is -2.45. The van der Waals surface area contributed by atoms with Gasteiger partial charge in [-0.1, -0.05) is 12.1 Å². The minimum Gasteiger partial charge on any atom is -0.466 e. The number of carbonyl (C=O) groups is 3. The molecule has 2 amide bonds. The standard InChI is InChI=1S/C20H28N4O6/c1-3-30-20(27)15-9-12-23(13-10-15)19(26)14-22(2)18(25)8-11-21-16-6-4-5-7-17(16)24(28)29/h4-7,15,21H,3,8-14H2,1-2H3. The highest BCUT2D eigenvalue weighted by molar-refractivity contribution is 5.85. The first kappa shape index (κ1) is 23.1. The van der Waals surface area contributed by atoms with Gasteiger partial charge in [0, 0.05) is 39.2 Å². The van der Waals surface area contributed by atoms with Gasteiger partial charge in [0.15, 0.2) is 0 Å². The highest BCUT2D eigenvalue weighted by Gasteiger charge is 2.28. The Hall–Kier alpha value is -3.17. The number of nitrogens with zero attached hydrogens (tertiary/aromatic N) is 3. The first-order valence-corrected chi connectivity index (χ1v) is 9.99. The fourth-order valence-electron chi connectivity index (χ4n) is 3.29. The number of piperidine rings is 1. The van der Waals surface area contributed by atoms with E-state index in [9.17, 15) is 24.5 Å². The predicted octanol–water partition coefficient (Wildman–Crippen LogP) is 1.66. The first-order chi connectivity index (χ1) is 14.3. The Balaban J connectivity index is 1.75. The maximum Gasteiger partial charge on any atom is 0.309 e. The van der Waals surface area contributed by atoms with Crippen molar-refractivity contribution in [2.75, 3.05) is 45.2 Å². The molecule has 10 nitrogen and oxygen atoms in total. The predicted molar refractivity (Wildman–Crippen MR) is 110 cm³/mol. The van der Waals surface area contributed by atoms with Crippen LogP contribution >= 0.6 is 0 Å². The van der Waals surface area contributed by atoms with Crippen LogP contribution in [0.2, 0.25) is 0 Å². The smallest absolute Gasteiger partial charge is 0.309 e. The summed E-state index contributed by atoms with van der Waals surface area (Å²) in [4.78, 5) is 50.1. The number of hydrogen-bond acceptors (Lipinski definition) is 7. The first-order valence-electron chi connectivity index (χ1n) is 9.99. The van der Waals surface area contributed by atoms with Crippen molar-refractivity contribution in [2.45, 2.75) is 26.2 Å². The molecule has 0 saturated carbocycles. The lowest BCUT2D eigenvalue weighted by molar-refractivity contribution is -0.384. The lowest BCUT2D eigenvalue weighted by atomic mass is 9.97. The van der Waals surface area contributed by atoms with Crippen LogP contribution in [0.25, 0.3) is 0 Å². The minimum atomic E-state index is -0.486. The number of ether oxygens (including phenoxy) is 1. The number of likely N-dealkylation sites (N-methyl/N-ethyl adjacent to an activating group) is 1. The van der Waals surface area contributed by atoms with Crippen molar-refractivity contribution in [2.24, 2.45) is 5.92 Å². The molecule has 1 saturated heterocycles. The van der Waals surface area contributed by atoms with Crippen molar-refractivity contribution in [3.8, 4) is 0 Å². The number of nitrogens with one attached hydrogen (secondary N) is 1. The summed E-state index contributed by atoms with van der Waals surface area (Å²) in [6, 6.07) is 6.21. The summed E-state index contributed by atoms with van der Waals surface area (Å²) in [5.74, 6) is -0.805. The number of nitro groups is 1. The van der Waals surface area contributed by atoms with Crippen LogP contribution in [0.4, 0.5) is 11.4 Å². The van der Waals surface area contributed by atoms with Crippen LogP contribution in [-0.2, 0) is 19.1 Å². The highest BCUT2D eigenvalue weighted by atomic mass is 16.6. The van der Waals surface area contributed by atoms with E-state index >= 15 is 0 Å². The second-order valence-electron chi connectivity index (χ2n) is 7.11. The van der Waals surface area contributed by atoms with Gasteiger partial charge >= 0.3 is 5.97 Å². The summed E-state index contributed by atoms with van der Waals surface area (Å²) in [5.41, 5.74) is 0.290. The molecular formula is C20H28N4O6. The van der Waals surface area contributed by atoms with Gasteiger partial charge in [0.25, 0.3) is 5.69 Å². The van der Waals surface area contributed by atoms with Gasteiger partial charge in [-0.2, -0.15) is 0 Å². The van der Waals surface area contributed by atoms with Gasteiger partial charge in [-0.25, -0.2) is 0 Å². The number of para-hydroxylation sites is 2. The van der Waals surface area contributed by atoms with Gasteiger partial charge in [-0.15, -0.1) is 0 Å². The normalized spacial score (nSPS) is 14.1. The second-order valence-corrected chi connectivity index (χ2v) is 7.11. The summed E-state index contributed by atoms with van der Waals surface area (Å²) < 4.78 is 5.02. The van der Waals surface area contributed by atoms with Gasteiger partial charge in [-0.3, -0.25) is 24.5 Å². The third kappa shape index (κ3) is 6.43. The molecule has 0 unspecified atom stereocenters. The molecule has 1 aliphatic heterocycles. The van der Waals surface area contributed by atoms with E-state index in [1.54, 1.807) is 37.1 Å². The van der Waals surface area contributed by atoms with Crippen LogP contribution in [-0.4, -0.2) is 72.3 Å².